The molecule has 2 saturated heterocycles. The van der Waals surface area contributed by atoms with Crippen LogP contribution in [0.2, 0.25) is 5.02 Å². The third kappa shape index (κ3) is 4.78. The molecule has 0 radical (unpaired) electrons. The van der Waals surface area contributed by atoms with Crippen molar-refractivity contribution in [3.8, 4) is 5.75 Å². The summed E-state index contributed by atoms with van der Waals surface area (Å²) in [5, 5.41) is 11.4. The topological polar surface area (TPSA) is 92.5 Å². The third-order valence-electron chi connectivity index (χ3n) is 5.97. The lowest BCUT2D eigenvalue weighted by Gasteiger charge is -2.28. The first-order chi connectivity index (χ1) is 15.9. The van der Waals surface area contributed by atoms with Gasteiger partial charge in [0.15, 0.2) is 0 Å². The lowest BCUT2D eigenvalue weighted by atomic mass is 9.99. The van der Waals surface area contributed by atoms with Gasteiger partial charge in [-0.3, -0.25) is 14.5 Å². The van der Waals surface area contributed by atoms with Gasteiger partial charge in [-0.2, -0.15) is 0 Å². The molecule has 33 heavy (non-hydrogen) atoms. The number of carbonyl (C=O) groups is 2. The van der Waals surface area contributed by atoms with Crippen LogP contribution in [0.4, 0.5) is 0 Å². The van der Waals surface area contributed by atoms with Crippen LogP contribution >= 0.6 is 11.6 Å². The first-order valence-corrected chi connectivity index (χ1v) is 11.3. The van der Waals surface area contributed by atoms with E-state index < -0.39 is 17.7 Å². The van der Waals surface area contributed by atoms with Gasteiger partial charge in [-0.15, -0.1) is 0 Å². The summed E-state index contributed by atoms with van der Waals surface area (Å²) in [5.74, 6) is -0.180. The van der Waals surface area contributed by atoms with Gasteiger partial charge in [-0.05, 0) is 43.7 Å². The summed E-state index contributed by atoms with van der Waals surface area (Å²) < 4.78 is 16.3. The predicted molar refractivity (Wildman–Crippen MR) is 122 cm³/mol. The number of aliphatic hydroxyl groups is 1. The molecule has 0 bridgehead atoms. The maximum atomic E-state index is 13.1. The number of morpholine rings is 1. The Labute approximate surface area is 197 Å². The Morgan fingerprint density at radius 1 is 1.18 bits per heavy atom. The maximum Gasteiger partial charge on any atom is 0.295 e. The molecular formula is C24H27ClN2O6. The molecule has 1 amide bonds. The van der Waals surface area contributed by atoms with Gasteiger partial charge in [-0.1, -0.05) is 11.6 Å². The highest BCUT2D eigenvalue weighted by Crippen LogP contribution is 2.40. The molecule has 1 N–H and O–H groups in total. The zero-order chi connectivity index (χ0) is 23.5. The van der Waals surface area contributed by atoms with Crippen molar-refractivity contribution < 1.29 is 28.6 Å². The van der Waals surface area contributed by atoms with Gasteiger partial charge < -0.3 is 23.9 Å². The molecule has 2 aromatic rings. The fourth-order valence-electron chi connectivity index (χ4n) is 4.27. The van der Waals surface area contributed by atoms with Crippen LogP contribution in [0.1, 0.15) is 29.5 Å². The van der Waals surface area contributed by atoms with Crippen molar-refractivity contribution in [2.75, 3.05) is 46.5 Å². The van der Waals surface area contributed by atoms with E-state index in [1.807, 2.05) is 0 Å². The zero-order valence-corrected chi connectivity index (χ0v) is 19.4. The molecular weight excluding hydrogens is 448 g/mol. The second-order valence-corrected chi connectivity index (χ2v) is 8.50. The van der Waals surface area contributed by atoms with E-state index in [9.17, 15) is 14.7 Å². The summed E-state index contributed by atoms with van der Waals surface area (Å²) in [4.78, 5) is 29.8. The van der Waals surface area contributed by atoms with Crippen LogP contribution in [-0.2, 0) is 14.3 Å². The number of methoxy groups -OCH3 is 1. The summed E-state index contributed by atoms with van der Waals surface area (Å²) in [6.07, 6.45) is 0.678. The highest BCUT2D eigenvalue weighted by Gasteiger charge is 2.47. The lowest BCUT2D eigenvalue weighted by molar-refractivity contribution is -0.140. The molecule has 2 aliphatic heterocycles. The van der Waals surface area contributed by atoms with E-state index in [4.69, 9.17) is 25.5 Å². The Morgan fingerprint density at radius 3 is 2.58 bits per heavy atom. The number of benzene rings is 1. The molecule has 8 nitrogen and oxygen atoms in total. The number of Topliss-reactive ketones (excluding diaryl/α,β-unsaturated/α-hetero) is 1. The standard InChI is InChI=1S/C24H27ClN2O6/c1-15-4-6-19(33-15)21-20(22(28)16-5-7-18(31-2)17(25)14-16)23(29)24(30)27(21)9-3-8-26-10-12-32-13-11-26/h4-7,14,21,28H,3,8-13H2,1-2H3/b22-20+/t21-/m1/s1. The molecule has 0 spiro atoms. The Morgan fingerprint density at radius 2 is 1.94 bits per heavy atom. The molecule has 1 aromatic heterocycles. The number of hydrogen-bond acceptors (Lipinski definition) is 7. The highest BCUT2D eigenvalue weighted by molar-refractivity contribution is 6.46. The quantitative estimate of drug-likeness (QED) is 0.373. The van der Waals surface area contributed by atoms with Crippen LogP contribution in [-0.4, -0.2) is 73.1 Å². The number of aryl methyl sites for hydroxylation is 1. The normalized spacial score (nSPS) is 21.1. The number of furan rings is 1. The first kappa shape index (κ1) is 23.4. The Balaban J connectivity index is 1.66. The van der Waals surface area contributed by atoms with Crippen molar-refractivity contribution in [1.82, 2.24) is 9.80 Å². The average molecular weight is 475 g/mol. The highest BCUT2D eigenvalue weighted by atomic mass is 35.5. The van der Waals surface area contributed by atoms with Gasteiger partial charge in [0, 0.05) is 31.7 Å². The van der Waals surface area contributed by atoms with Gasteiger partial charge in [-0.25, -0.2) is 0 Å². The first-order valence-electron chi connectivity index (χ1n) is 10.9. The van der Waals surface area contributed by atoms with Crippen LogP contribution in [0.5, 0.6) is 5.75 Å². The van der Waals surface area contributed by atoms with Crippen LogP contribution in [0.3, 0.4) is 0 Å². The number of likely N-dealkylation sites (tertiary alicyclic amines) is 1. The number of ketones is 1. The van der Waals surface area contributed by atoms with E-state index >= 15 is 0 Å². The predicted octanol–water partition coefficient (Wildman–Crippen LogP) is 3.39. The van der Waals surface area contributed by atoms with Crippen molar-refractivity contribution in [3.05, 3.63) is 58.0 Å². The van der Waals surface area contributed by atoms with Gasteiger partial charge in [0.25, 0.3) is 11.7 Å². The average Bonchev–Trinajstić information content (AvgIpc) is 3.35. The van der Waals surface area contributed by atoms with E-state index in [1.54, 1.807) is 31.2 Å². The van der Waals surface area contributed by atoms with E-state index in [0.717, 1.165) is 19.6 Å². The second-order valence-electron chi connectivity index (χ2n) is 8.10. The fraction of sp³-hybridized carbons (Fsp3) is 0.417. The maximum absolute atomic E-state index is 13.1. The number of rotatable bonds is 7. The summed E-state index contributed by atoms with van der Waals surface area (Å²) >= 11 is 6.22. The lowest BCUT2D eigenvalue weighted by Crippen LogP contribution is -2.38. The molecule has 0 saturated carbocycles. The molecule has 0 unspecified atom stereocenters. The number of ether oxygens (including phenoxy) is 2. The minimum Gasteiger partial charge on any atom is -0.507 e. The molecule has 1 aromatic carbocycles. The van der Waals surface area contributed by atoms with Gasteiger partial charge in [0.05, 0.1) is 30.9 Å². The summed E-state index contributed by atoms with van der Waals surface area (Å²) in [7, 11) is 1.49. The van der Waals surface area contributed by atoms with Crippen molar-refractivity contribution in [3.63, 3.8) is 0 Å². The van der Waals surface area contributed by atoms with E-state index in [-0.39, 0.29) is 16.4 Å². The number of carbonyl (C=O) groups excluding carboxylic acids is 2. The molecule has 176 valence electrons. The number of hydrogen-bond donors (Lipinski definition) is 1. The molecule has 3 heterocycles. The summed E-state index contributed by atoms with van der Waals surface area (Å²) in [5.41, 5.74) is 0.308. The third-order valence-corrected chi connectivity index (χ3v) is 6.27. The molecule has 0 aliphatic carbocycles. The van der Waals surface area contributed by atoms with E-state index in [0.29, 0.717) is 49.0 Å². The van der Waals surface area contributed by atoms with Crippen molar-refractivity contribution in [2.45, 2.75) is 19.4 Å². The SMILES string of the molecule is COc1ccc(/C(O)=C2\C(=O)C(=O)N(CCCN3CCOCC3)[C@@H]2c2ccc(C)o2)cc1Cl. The zero-order valence-electron chi connectivity index (χ0n) is 18.7. The van der Waals surface area contributed by atoms with Gasteiger partial charge >= 0.3 is 0 Å². The summed E-state index contributed by atoms with van der Waals surface area (Å²) in [6.45, 7) is 6.01. The van der Waals surface area contributed by atoms with Crippen LogP contribution in [0.25, 0.3) is 5.76 Å². The monoisotopic (exact) mass is 474 g/mol. The Bertz CT molecular complexity index is 1070. The molecule has 2 fully saturated rings. The largest absolute Gasteiger partial charge is 0.507 e. The summed E-state index contributed by atoms with van der Waals surface area (Å²) in [6, 6.07) is 7.39. The van der Waals surface area contributed by atoms with Gasteiger partial charge in [0.1, 0.15) is 29.1 Å². The molecule has 4 rings (SSSR count). The van der Waals surface area contributed by atoms with E-state index in [1.165, 1.54) is 18.1 Å². The van der Waals surface area contributed by atoms with Crippen molar-refractivity contribution in [1.29, 1.82) is 0 Å². The van der Waals surface area contributed by atoms with Crippen molar-refractivity contribution in [2.24, 2.45) is 0 Å². The minimum atomic E-state index is -0.815. The fourth-order valence-corrected chi connectivity index (χ4v) is 4.52. The number of halogens is 1. The van der Waals surface area contributed by atoms with Gasteiger partial charge in [0.2, 0.25) is 0 Å². The molecule has 9 heteroatoms. The number of aliphatic hydroxyl groups excluding tert-OH is 1. The van der Waals surface area contributed by atoms with Crippen LogP contribution in [0.15, 0.2) is 40.3 Å². The minimum absolute atomic E-state index is 0.0121. The van der Waals surface area contributed by atoms with E-state index in [2.05, 4.69) is 4.90 Å². The molecule has 1 atom stereocenters. The van der Waals surface area contributed by atoms with Crippen molar-refractivity contribution >= 4 is 29.1 Å². The van der Waals surface area contributed by atoms with Crippen LogP contribution in [0, 0.1) is 6.92 Å². The number of amides is 1. The number of nitrogens with zero attached hydrogens (tertiary/aromatic N) is 2. The Kier molecular flexibility index (Phi) is 7.07. The van der Waals surface area contributed by atoms with Crippen LogP contribution < -0.4 is 4.74 Å². The molecule has 2 aliphatic rings. The second kappa shape index (κ2) is 9.99. The smallest absolute Gasteiger partial charge is 0.295 e. The Hall–Kier alpha value is -2.81.